The normalized spacial score (nSPS) is 16.0. The van der Waals surface area contributed by atoms with Gasteiger partial charge in [-0.3, -0.25) is 19.5 Å². The van der Waals surface area contributed by atoms with Crippen molar-refractivity contribution in [2.45, 2.75) is 29.7 Å². The van der Waals surface area contributed by atoms with E-state index in [2.05, 4.69) is 21.2 Å². The van der Waals surface area contributed by atoms with Crippen LogP contribution in [0.5, 0.6) is 5.75 Å². The van der Waals surface area contributed by atoms with Crippen molar-refractivity contribution in [1.29, 1.82) is 0 Å². The number of amides is 1. The van der Waals surface area contributed by atoms with Gasteiger partial charge in [0.1, 0.15) is 18.1 Å². The summed E-state index contributed by atoms with van der Waals surface area (Å²) in [5, 5.41) is 20.2. The lowest BCUT2D eigenvalue weighted by atomic mass is 9.96. The third-order valence-electron chi connectivity index (χ3n) is 6.87. The Morgan fingerprint density at radius 3 is 2.49 bits per heavy atom. The molecule has 1 fully saturated rings. The third kappa shape index (κ3) is 6.20. The Morgan fingerprint density at radius 1 is 0.953 bits per heavy atom. The zero-order valence-corrected chi connectivity index (χ0v) is 24.7. The van der Waals surface area contributed by atoms with Crippen LogP contribution in [0.25, 0.3) is 5.76 Å². The number of aliphatic hydroxyl groups excluding tert-OH is 1. The number of aryl methyl sites for hydroxylation is 1. The largest absolute Gasteiger partial charge is 0.507 e. The Bertz CT molecular complexity index is 1790. The molecule has 1 amide bonds. The van der Waals surface area contributed by atoms with E-state index in [4.69, 9.17) is 4.74 Å². The number of nitrogens with zero attached hydrogens (tertiary/aromatic N) is 4. The van der Waals surface area contributed by atoms with Crippen molar-refractivity contribution < 1.29 is 19.4 Å². The number of Topliss-reactive ketones (excluding diaryl/α,β-unsaturated/α-hetero) is 1. The number of rotatable bonds is 9. The fourth-order valence-corrected chi connectivity index (χ4v) is 6.62. The Morgan fingerprint density at radius 2 is 1.74 bits per heavy atom. The summed E-state index contributed by atoms with van der Waals surface area (Å²) in [6.07, 6.45) is 3.18. The molecule has 3 aromatic carbocycles. The highest BCUT2D eigenvalue weighted by atomic mass is 32.2. The second-order valence-electron chi connectivity index (χ2n) is 9.88. The van der Waals surface area contributed by atoms with Crippen molar-refractivity contribution in [3.05, 3.63) is 137 Å². The molecule has 5 aromatic rings. The number of ether oxygens (including phenoxy) is 1. The van der Waals surface area contributed by atoms with Crippen LogP contribution in [0.15, 0.2) is 113 Å². The third-order valence-corrected chi connectivity index (χ3v) is 8.99. The lowest BCUT2D eigenvalue weighted by Gasteiger charge is -2.22. The van der Waals surface area contributed by atoms with Crippen molar-refractivity contribution in [3.63, 3.8) is 0 Å². The lowest BCUT2D eigenvalue weighted by molar-refractivity contribution is -0.132. The molecule has 214 valence electrons. The van der Waals surface area contributed by atoms with Crippen molar-refractivity contribution in [3.8, 4) is 5.75 Å². The number of carbonyl (C=O) groups excluding carboxylic acids is 2. The zero-order chi connectivity index (χ0) is 29.8. The molecule has 43 heavy (non-hydrogen) atoms. The molecule has 0 radical (unpaired) electrons. The fraction of sp³-hybridized carbons (Fsp3) is 0.121. The van der Waals surface area contributed by atoms with Crippen LogP contribution < -0.4 is 9.64 Å². The van der Waals surface area contributed by atoms with Gasteiger partial charge < -0.3 is 9.84 Å². The maximum Gasteiger partial charge on any atom is 0.301 e. The average Bonchev–Trinajstić information content (AvgIpc) is 3.61. The summed E-state index contributed by atoms with van der Waals surface area (Å²) in [7, 11) is 0. The molecular weight excluding hydrogens is 581 g/mol. The molecule has 0 spiro atoms. The number of pyridine rings is 1. The molecule has 3 heterocycles. The van der Waals surface area contributed by atoms with Crippen molar-refractivity contribution in [2.24, 2.45) is 0 Å². The number of hydrogen-bond donors (Lipinski definition) is 1. The van der Waals surface area contributed by atoms with Gasteiger partial charge in [-0.1, -0.05) is 89.3 Å². The number of aromatic nitrogens is 3. The van der Waals surface area contributed by atoms with Gasteiger partial charge in [-0.2, -0.15) is 0 Å². The average molecular weight is 607 g/mol. The topological polar surface area (TPSA) is 106 Å². The Kier molecular flexibility index (Phi) is 8.30. The SMILES string of the molecule is Cc1cccc(COc2ccc(/C(O)=C3\C(=O)C(=O)N(c4nnc(SCc5ccccc5)s4)C3c3cccnc3)cc2)c1. The van der Waals surface area contributed by atoms with Crippen molar-refractivity contribution in [2.75, 3.05) is 4.90 Å². The van der Waals surface area contributed by atoms with E-state index in [-0.39, 0.29) is 16.5 Å². The predicted molar refractivity (Wildman–Crippen MR) is 167 cm³/mol. The molecular formula is C33H26N4O4S2. The van der Waals surface area contributed by atoms with Gasteiger partial charge in [0.15, 0.2) is 4.34 Å². The van der Waals surface area contributed by atoms with E-state index >= 15 is 0 Å². The molecule has 0 saturated carbocycles. The molecule has 0 aliphatic carbocycles. The first-order valence-corrected chi connectivity index (χ1v) is 15.3. The summed E-state index contributed by atoms with van der Waals surface area (Å²) in [6, 6.07) is 27.3. The van der Waals surface area contributed by atoms with E-state index in [1.165, 1.54) is 28.0 Å². The minimum atomic E-state index is -0.925. The van der Waals surface area contributed by atoms with Gasteiger partial charge in [0.2, 0.25) is 5.13 Å². The fourth-order valence-electron chi connectivity index (χ4n) is 4.79. The van der Waals surface area contributed by atoms with Gasteiger partial charge >= 0.3 is 5.91 Å². The number of anilines is 1. The Labute approximate surface area is 256 Å². The molecule has 1 aliphatic heterocycles. The van der Waals surface area contributed by atoms with Crippen LogP contribution in [0.4, 0.5) is 5.13 Å². The summed E-state index contributed by atoms with van der Waals surface area (Å²) in [4.78, 5) is 32.4. The molecule has 0 bridgehead atoms. The van der Waals surface area contributed by atoms with Crippen molar-refractivity contribution >= 4 is 45.7 Å². The van der Waals surface area contributed by atoms with Gasteiger partial charge in [-0.15, -0.1) is 10.2 Å². The minimum absolute atomic E-state index is 0.0416. The van der Waals surface area contributed by atoms with Gasteiger partial charge in [-0.25, -0.2) is 0 Å². The van der Waals surface area contributed by atoms with E-state index in [1.54, 1.807) is 48.8 Å². The summed E-state index contributed by atoms with van der Waals surface area (Å²) >= 11 is 2.72. The van der Waals surface area contributed by atoms with Crippen LogP contribution >= 0.6 is 23.1 Å². The molecule has 1 aliphatic rings. The predicted octanol–water partition coefficient (Wildman–Crippen LogP) is 6.74. The second-order valence-corrected chi connectivity index (χ2v) is 12.1. The van der Waals surface area contributed by atoms with Crippen LogP contribution in [0, 0.1) is 6.92 Å². The molecule has 6 rings (SSSR count). The van der Waals surface area contributed by atoms with E-state index < -0.39 is 17.7 Å². The molecule has 2 aromatic heterocycles. The number of thioether (sulfide) groups is 1. The highest BCUT2D eigenvalue weighted by Gasteiger charge is 2.48. The van der Waals surface area contributed by atoms with Gasteiger partial charge in [0, 0.05) is 23.7 Å². The van der Waals surface area contributed by atoms with Crippen LogP contribution in [0.1, 0.15) is 33.9 Å². The number of hydrogen-bond acceptors (Lipinski definition) is 9. The quantitative estimate of drug-likeness (QED) is 0.0647. The minimum Gasteiger partial charge on any atom is -0.507 e. The molecule has 1 unspecified atom stereocenters. The Balaban J connectivity index is 1.28. The zero-order valence-electron chi connectivity index (χ0n) is 23.1. The maximum atomic E-state index is 13.5. The van der Waals surface area contributed by atoms with Crippen molar-refractivity contribution in [1.82, 2.24) is 15.2 Å². The summed E-state index contributed by atoms with van der Waals surface area (Å²) < 4.78 is 6.57. The first-order chi connectivity index (χ1) is 21.0. The summed E-state index contributed by atoms with van der Waals surface area (Å²) in [6.45, 7) is 2.42. The number of carbonyl (C=O) groups is 2. The molecule has 10 heteroatoms. The number of ketones is 1. The Hall–Kier alpha value is -4.80. The van der Waals surface area contributed by atoms with Gasteiger partial charge in [0.25, 0.3) is 5.78 Å². The van der Waals surface area contributed by atoms with E-state index in [0.717, 1.165) is 16.7 Å². The van der Waals surface area contributed by atoms with Crippen LogP contribution in [-0.4, -0.2) is 32.0 Å². The van der Waals surface area contributed by atoms with E-state index in [1.807, 2.05) is 55.5 Å². The smallest absolute Gasteiger partial charge is 0.301 e. The summed E-state index contributed by atoms with van der Waals surface area (Å²) in [5.74, 6) is -0.589. The van der Waals surface area contributed by atoms with E-state index in [9.17, 15) is 14.7 Å². The van der Waals surface area contributed by atoms with Gasteiger partial charge in [-0.05, 0) is 53.9 Å². The van der Waals surface area contributed by atoms with Crippen LogP contribution in [-0.2, 0) is 21.9 Å². The van der Waals surface area contributed by atoms with Crippen LogP contribution in [0.3, 0.4) is 0 Å². The standard InChI is InChI=1S/C33H26N4O4S2/c1-21-7-5-10-23(17-21)19-41-26-14-12-24(13-15-26)29(38)27-28(25-11-6-16-34-18-25)37(31(40)30(27)39)32-35-36-33(43-32)42-20-22-8-3-2-4-9-22/h2-18,28,38H,19-20H2,1H3/b29-27+. The molecule has 1 atom stereocenters. The number of aliphatic hydroxyl groups is 1. The lowest BCUT2D eigenvalue weighted by Crippen LogP contribution is -2.29. The highest BCUT2D eigenvalue weighted by molar-refractivity contribution is 8.00. The monoisotopic (exact) mass is 606 g/mol. The molecule has 8 nitrogen and oxygen atoms in total. The first kappa shape index (κ1) is 28.3. The number of benzene rings is 3. The van der Waals surface area contributed by atoms with Crippen LogP contribution in [0.2, 0.25) is 0 Å². The van der Waals surface area contributed by atoms with E-state index in [0.29, 0.717) is 33.6 Å². The maximum absolute atomic E-state index is 13.5. The first-order valence-electron chi connectivity index (χ1n) is 13.5. The van der Waals surface area contributed by atoms with Gasteiger partial charge in [0.05, 0.1) is 11.6 Å². The molecule has 1 saturated heterocycles. The highest BCUT2D eigenvalue weighted by Crippen LogP contribution is 2.44. The molecule has 1 N–H and O–H groups in total. The second kappa shape index (κ2) is 12.6. The summed E-state index contributed by atoms with van der Waals surface area (Å²) in [5.41, 5.74) is 4.23.